The first-order valence-corrected chi connectivity index (χ1v) is 7.41. The lowest BCUT2D eigenvalue weighted by atomic mass is 9.99. The van der Waals surface area contributed by atoms with Gasteiger partial charge in [0.1, 0.15) is 17.7 Å². The summed E-state index contributed by atoms with van der Waals surface area (Å²) in [5.41, 5.74) is 0.942. The van der Waals surface area contributed by atoms with E-state index >= 15 is 0 Å². The second kappa shape index (κ2) is 6.70. The number of ether oxygens (including phenoxy) is 2. The van der Waals surface area contributed by atoms with Crippen molar-refractivity contribution in [2.45, 2.75) is 33.8 Å². The van der Waals surface area contributed by atoms with Crippen LogP contribution in [0, 0.1) is 31.0 Å². The molecule has 0 bridgehead atoms. The van der Waals surface area contributed by atoms with E-state index in [0.29, 0.717) is 16.5 Å². The first kappa shape index (κ1) is 16.8. The highest BCUT2D eigenvalue weighted by Gasteiger charge is 2.16. The second-order valence-corrected chi connectivity index (χ2v) is 5.82. The van der Waals surface area contributed by atoms with Crippen molar-refractivity contribution in [3.63, 3.8) is 0 Å². The summed E-state index contributed by atoms with van der Waals surface area (Å²) < 4.78 is 24.2. The lowest BCUT2D eigenvalue weighted by Crippen LogP contribution is -2.22. The van der Waals surface area contributed by atoms with Gasteiger partial charge in [-0.2, -0.15) is 0 Å². The molecule has 0 spiro atoms. The van der Waals surface area contributed by atoms with Gasteiger partial charge in [0.2, 0.25) is 0 Å². The van der Waals surface area contributed by atoms with Crippen LogP contribution < -0.4 is 4.74 Å². The molecule has 2 rings (SSSR count). The van der Waals surface area contributed by atoms with Gasteiger partial charge in [0, 0.05) is 5.39 Å². The van der Waals surface area contributed by atoms with E-state index in [0.717, 1.165) is 5.56 Å². The molecule has 3 nitrogen and oxygen atoms in total. The van der Waals surface area contributed by atoms with Gasteiger partial charge in [0.25, 0.3) is 0 Å². The zero-order valence-electron chi connectivity index (χ0n) is 13.6. The summed E-state index contributed by atoms with van der Waals surface area (Å²) in [5, 5.41) is 1.35. The minimum Gasteiger partial charge on any atom is -0.431 e. The van der Waals surface area contributed by atoms with Crippen LogP contribution in [0.5, 0.6) is 5.75 Å². The van der Waals surface area contributed by atoms with Crippen LogP contribution in [0.15, 0.2) is 24.3 Å². The summed E-state index contributed by atoms with van der Waals surface area (Å²) in [4.78, 5) is 11.8. The van der Waals surface area contributed by atoms with E-state index in [1.807, 2.05) is 13.8 Å². The fraction of sp³-hybridized carbons (Fsp3) is 0.316. The number of hydrogen-bond acceptors (Lipinski definition) is 3. The molecule has 23 heavy (non-hydrogen) atoms. The Morgan fingerprint density at radius 2 is 1.96 bits per heavy atom. The SMILES string of the molecule is C#Cc1c(F)ccc2cc(OC(=O)OC(C)C(C)C)cc(C)c12. The smallest absolute Gasteiger partial charge is 0.431 e. The molecule has 0 N–H and O–H groups in total. The Hall–Kier alpha value is -2.54. The molecule has 0 saturated heterocycles. The van der Waals surface area contributed by atoms with Crippen LogP contribution in [0.1, 0.15) is 31.9 Å². The van der Waals surface area contributed by atoms with Crippen molar-refractivity contribution in [2.24, 2.45) is 5.92 Å². The van der Waals surface area contributed by atoms with Crippen LogP contribution in [0.25, 0.3) is 10.8 Å². The lowest BCUT2D eigenvalue weighted by Gasteiger charge is -2.16. The fourth-order valence-corrected chi connectivity index (χ4v) is 2.23. The predicted molar refractivity (Wildman–Crippen MR) is 88.0 cm³/mol. The standard InChI is InChI=1S/C19H19FO3/c1-6-16-17(20)8-7-14-10-15(9-12(4)18(14)16)23-19(21)22-13(5)11(2)3/h1,7-11,13H,2-5H3. The summed E-state index contributed by atoms with van der Waals surface area (Å²) in [6.07, 6.45) is 4.39. The number of benzene rings is 2. The number of fused-ring (bicyclic) bond motifs is 1. The molecular formula is C19H19FO3. The predicted octanol–water partition coefficient (Wildman–Crippen LogP) is 4.83. The highest BCUT2D eigenvalue weighted by atomic mass is 19.1. The minimum atomic E-state index is -0.760. The molecular weight excluding hydrogens is 295 g/mol. The summed E-state index contributed by atoms with van der Waals surface area (Å²) >= 11 is 0. The maximum Gasteiger partial charge on any atom is 0.514 e. The van der Waals surface area contributed by atoms with Gasteiger partial charge in [-0.05, 0) is 48.9 Å². The van der Waals surface area contributed by atoms with E-state index in [9.17, 15) is 9.18 Å². The van der Waals surface area contributed by atoms with E-state index in [1.54, 1.807) is 32.0 Å². The van der Waals surface area contributed by atoms with Crippen LogP contribution in [0.3, 0.4) is 0 Å². The Morgan fingerprint density at radius 1 is 1.26 bits per heavy atom. The Morgan fingerprint density at radius 3 is 2.57 bits per heavy atom. The van der Waals surface area contributed by atoms with Crippen LogP contribution in [-0.2, 0) is 4.74 Å². The largest absolute Gasteiger partial charge is 0.514 e. The highest BCUT2D eigenvalue weighted by molar-refractivity contribution is 5.92. The van der Waals surface area contributed by atoms with Gasteiger partial charge in [-0.25, -0.2) is 9.18 Å². The molecule has 1 unspecified atom stereocenters. The maximum atomic E-state index is 13.8. The third-order valence-corrected chi connectivity index (χ3v) is 3.80. The van der Waals surface area contributed by atoms with Gasteiger partial charge in [0.15, 0.2) is 0 Å². The van der Waals surface area contributed by atoms with Gasteiger partial charge < -0.3 is 9.47 Å². The van der Waals surface area contributed by atoms with E-state index in [1.165, 1.54) is 6.07 Å². The van der Waals surface area contributed by atoms with Crippen molar-refractivity contribution in [3.05, 3.63) is 41.2 Å². The molecule has 0 aliphatic heterocycles. The number of rotatable bonds is 3. The number of terminal acetylenes is 1. The zero-order valence-corrected chi connectivity index (χ0v) is 13.6. The van der Waals surface area contributed by atoms with E-state index in [-0.39, 0.29) is 17.6 Å². The van der Waals surface area contributed by atoms with E-state index in [2.05, 4.69) is 5.92 Å². The average Bonchev–Trinajstić information content (AvgIpc) is 2.47. The van der Waals surface area contributed by atoms with Crippen LogP contribution in [0.2, 0.25) is 0 Å². The quantitative estimate of drug-likeness (QED) is 0.462. The highest BCUT2D eigenvalue weighted by Crippen LogP contribution is 2.29. The molecule has 2 aromatic rings. The van der Waals surface area contributed by atoms with Gasteiger partial charge in [-0.15, -0.1) is 6.42 Å². The third kappa shape index (κ3) is 3.62. The molecule has 2 aromatic carbocycles. The molecule has 120 valence electrons. The van der Waals surface area contributed by atoms with Crippen molar-refractivity contribution in [1.82, 2.24) is 0 Å². The summed E-state index contributed by atoms with van der Waals surface area (Å²) in [6.45, 7) is 7.50. The maximum absolute atomic E-state index is 13.8. The van der Waals surface area contributed by atoms with Crippen molar-refractivity contribution in [1.29, 1.82) is 0 Å². The molecule has 0 aromatic heterocycles. The molecule has 0 aliphatic carbocycles. The summed E-state index contributed by atoms with van der Waals surface area (Å²) in [6, 6.07) is 6.20. The van der Waals surface area contributed by atoms with Crippen LogP contribution in [-0.4, -0.2) is 12.3 Å². The molecule has 0 heterocycles. The first-order chi connectivity index (χ1) is 10.8. The Bertz CT molecular complexity index is 787. The lowest BCUT2D eigenvalue weighted by molar-refractivity contribution is 0.0466. The average molecular weight is 314 g/mol. The van der Waals surface area contributed by atoms with Crippen molar-refractivity contribution >= 4 is 16.9 Å². The van der Waals surface area contributed by atoms with Crippen LogP contribution >= 0.6 is 0 Å². The monoisotopic (exact) mass is 314 g/mol. The van der Waals surface area contributed by atoms with Gasteiger partial charge in [-0.3, -0.25) is 0 Å². The zero-order chi connectivity index (χ0) is 17.1. The summed E-state index contributed by atoms with van der Waals surface area (Å²) in [7, 11) is 0. The number of carbonyl (C=O) groups excluding carboxylic acids is 1. The Kier molecular flexibility index (Phi) is 4.90. The van der Waals surface area contributed by atoms with E-state index < -0.39 is 12.0 Å². The minimum absolute atomic E-state index is 0.196. The third-order valence-electron chi connectivity index (χ3n) is 3.80. The molecule has 4 heteroatoms. The van der Waals surface area contributed by atoms with Crippen molar-refractivity contribution in [2.75, 3.05) is 0 Å². The molecule has 0 amide bonds. The Labute approximate surface area is 135 Å². The number of halogens is 1. The van der Waals surface area contributed by atoms with Gasteiger partial charge in [-0.1, -0.05) is 25.8 Å². The molecule has 1 atom stereocenters. The number of aryl methyl sites for hydroxylation is 1. The normalized spacial score (nSPS) is 12.0. The number of carbonyl (C=O) groups is 1. The van der Waals surface area contributed by atoms with E-state index in [4.69, 9.17) is 15.9 Å². The van der Waals surface area contributed by atoms with Crippen LogP contribution in [0.4, 0.5) is 9.18 Å². The molecule has 0 radical (unpaired) electrons. The molecule has 0 fully saturated rings. The van der Waals surface area contributed by atoms with Gasteiger partial charge >= 0.3 is 6.16 Å². The first-order valence-electron chi connectivity index (χ1n) is 7.41. The molecule has 0 aliphatic rings. The second-order valence-electron chi connectivity index (χ2n) is 5.82. The summed E-state index contributed by atoms with van der Waals surface area (Å²) in [5.74, 6) is 2.46. The molecule has 0 saturated carbocycles. The topological polar surface area (TPSA) is 35.5 Å². The number of hydrogen-bond donors (Lipinski definition) is 0. The Balaban J connectivity index is 2.33. The fourth-order valence-electron chi connectivity index (χ4n) is 2.23. The van der Waals surface area contributed by atoms with Crippen molar-refractivity contribution in [3.8, 4) is 18.1 Å². The van der Waals surface area contributed by atoms with Gasteiger partial charge in [0.05, 0.1) is 5.56 Å². The van der Waals surface area contributed by atoms with Crippen molar-refractivity contribution < 1.29 is 18.7 Å².